The summed E-state index contributed by atoms with van der Waals surface area (Å²) >= 11 is 0. The van der Waals surface area contributed by atoms with Crippen LogP contribution >= 0.6 is 0 Å². The molecule has 0 spiro atoms. The van der Waals surface area contributed by atoms with Crippen molar-refractivity contribution in [3.8, 4) is 0 Å². The molecule has 0 saturated carbocycles. The Morgan fingerprint density at radius 1 is 1.35 bits per heavy atom. The maximum Gasteiger partial charge on any atom is 0.255 e. The molecule has 7 nitrogen and oxygen atoms in total. The van der Waals surface area contributed by atoms with Gasteiger partial charge in [-0.1, -0.05) is 0 Å². The van der Waals surface area contributed by atoms with Crippen molar-refractivity contribution in [2.45, 2.75) is 25.8 Å². The first kappa shape index (κ1) is 13.9. The number of rotatable bonds is 2. The Hall–Kier alpha value is -2.70. The molecule has 1 saturated heterocycles. The van der Waals surface area contributed by atoms with Gasteiger partial charge in [-0.2, -0.15) is 0 Å². The van der Waals surface area contributed by atoms with E-state index in [1.165, 1.54) is 0 Å². The molecule has 0 N–H and O–H groups in total. The first-order valence-electron chi connectivity index (χ1n) is 7.80. The van der Waals surface area contributed by atoms with E-state index in [2.05, 4.69) is 19.7 Å². The smallest absolute Gasteiger partial charge is 0.255 e. The van der Waals surface area contributed by atoms with Gasteiger partial charge in [0.1, 0.15) is 12.2 Å². The topological polar surface area (TPSA) is 68.3 Å². The number of nitrogens with zero attached hydrogens (tertiary/aromatic N) is 6. The summed E-state index contributed by atoms with van der Waals surface area (Å²) in [5, 5.41) is 7.81. The number of piperidine rings is 1. The number of fused-ring (bicyclic) bond motifs is 1. The van der Waals surface area contributed by atoms with E-state index in [-0.39, 0.29) is 5.91 Å². The lowest BCUT2D eigenvalue weighted by Gasteiger charge is -2.34. The Morgan fingerprint density at radius 3 is 3.09 bits per heavy atom. The number of imidazole rings is 1. The van der Waals surface area contributed by atoms with Gasteiger partial charge in [0.05, 0.1) is 11.6 Å². The largest absolute Gasteiger partial charge is 0.337 e. The molecule has 1 atom stereocenters. The average Bonchev–Trinajstić information content (AvgIpc) is 3.22. The first-order valence-corrected chi connectivity index (χ1v) is 7.80. The van der Waals surface area contributed by atoms with Crippen LogP contribution in [0.5, 0.6) is 0 Å². The van der Waals surface area contributed by atoms with E-state index < -0.39 is 0 Å². The maximum absolute atomic E-state index is 12.8. The van der Waals surface area contributed by atoms with Crippen molar-refractivity contribution in [3.63, 3.8) is 0 Å². The molecule has 1 fully saturated rings. The van der Waals surface area contributed by atoms with Crippen LogP contribution in [0.15, 0.2) is 37.1 Å². The normalized spacial score (nSPS) is 18.5. The highest BCUT2D eigenvalue weighted by molar-refractivity contribution is 5.94. The van der Waals surface area contributed by atoms with Gasteiger partial charge in [-0.05, 0) is 31.9 Å². The van der Waals surface area contributed by atoms with Gasteiger partial charge in [0.15, 0.2) is 5.65 Å². The van der Waals surface area contributed by atoms with Gasteiger partial charge in [0.25, 0.3) is 5.91 Å². The highest BCUT2D eigenvalue weighted by atomic mass is 16.2. The van der Waals surface area contributed by atoms with Crippen molar-refractivity contribution >= 4 is 11.6 Å². The molecule has 1 aliphatic heterocycles. The van der Waals surface area contributed by atoms with Gasteiger partial charge in [-0.15, -0.1) is 10.2 Å². The highest BCUT2D eigenvalue weighted by Gasteiger charge is 2.26. The Labute approximate surface area is 133 Å². The summed E-state index contributed by atoms with van der Waals surface area (Å²) in [5.74, 6) is 1.05. The van der Waals surface area contributed by atoms with Gasteiger partial charge in [-0.3, -0.25) is 9.20 Å². The Balaban J connectivity index is 1.56. The molecule has 23 heavy (non-hydrogen) atoms. The third-order valence-corrected chi connectivity index (χ3v) is 4.48. The van der Waals surface area contributed by atoms with Gasteiger partial charge in [0, 0.05) is 31.7 Å². The molecule has 1 amide bonds. The molecule has 3 aromatic rings. The number of aryl methyl sites for hydroxylation is 1. The standard InChI is InChI=1S/C16H18N6O/c1-12-17-6-8-22(12)14-3-2-7-20(10-14)16(23)13-4-5-15-19-18-11-21(15)9-13/h4-6,8-9,11,14H,2-3,7,10H2,1H3/t14-/m0/s1. The molecular weight excluding hydrogens is 292 g/mol. The van der Waals surface area contributed by atoms with Crippen molar-refractivity contribution in [2.24, 2.45) is 0 Å². The molecule has 118 valence electrons. The highest BCUT2D eigenvalue weighted by Crippen LogP contribution is 2.24. The quantitative estimate of drug-likeness (QED) is 0.722. The van der Waals surface area contributed by atoms with E-state index in [0.29, 0.717) is 11.6 Å². The summed E-state index contributed by atoms with van der Waals surface area (Å²) in [6.07, 6.45) is 9.30. The second kappa shape index (κ2) is 5.49. The van der Waals surface area contributed by atoms with Crippen LogP contribution in [-0.2, 0) is 0 Å². The molecule has 7 heteroatoms. The lowest BCUT2D eigenvalue weighted by atomic mass is 10.0. The second-order valence-corrected chi connectivity index (χ2v) is 5.94. The molecule has 0 aromatic carbocycles. The van der Waals surface area contributed by atoms with Crippen LogP contribution < -0.4 is 0 Å². The van der Waals surface area contributed by atoms with Gasteiger partial charge >= 0.3 is 0 Å². The molecule has 0 unspecified atom stereocenters. The maximum atomic E-state index is 12.8. The Morgan fingerprint density at radius 2 is 2.26 bits per heavy atom. The minimum atomic E-state index is 0.0584. The molecule has 3 aromatic heterocycles. The number of aromatic nitrogens is 5. The molecule has 0 aliphatic carbocycles. The lowest BCUT2D eigenvalue weighted by Crippen LogP contribution is -2.40. The van der Waals surface area contributed by atoms with Crippen molar-refractivity contribution in [2.75, 3.05) is 13.1 Å². The number of hydrogen-bond donors (Lipinski definition) is 0. The number of carbonyl (C=O) groups is 1. The fourth-order valence-electron chi connectivity index (χ4n) is 3.28. The van der Waals surface area contributed by atoms with Crippen LogP contribution in [0.2, 0.25) is 0 Å². The predicted octanol–water partition coefficient (Wildman–Crippen LogP) is 1.71. The number of pyridine rings is 1. The predicted molar refractivity (Wildman–Crippen MR) is 84.1 cm³/mol. The van der Waals surface area contributed by atoms with Crippen LogP contribution in [0, 0.1) is 6.92 Å². The fraction of sp³-hybridized carbons (Fsp3) is 0.375. The monoisotopic (exact) mass is 310 g/mol. The molecular formula is C16H18N6O. The lowest BCUT2D eigenvalue weighted by molar-refractivity contribution is 0.0677. The summed E-state index contributed by atoms with van der Waals surface area (Å²) in [5.41, 5.74) is 1.41. The van der Waals surface area contributed by atoms with E-state index in [1.807, 2.05) is 36.4 Å². The third kappa shape index (κ3) is 2.48. The summed E-state index contributed by atoms with van der Waals surface area (Å²) in [6, 6.07) is 3.94. The number of carbonyl (C=O) groups excluding carboxylic acids is 1. The minimum Gasteiger partial charge on any atom is -0.337 e. The SMILES string of the molecule is Cc1nccn1[C@H]1CCCN(C(=O)c2ccc3nncn3c2)C1. The van der Waals surface area contributed by atoms with Crippen molar-refractivity contribution in [1.29, 1.82) is 0 Å². The Bertz CT molecular complexity index is 851. The number of hydrogen-bond acceptors (Lipinski definition) is 4. The van der Waals surface area contributed by atoms with Crippen molar-refractivity contribution in [1.82, 2.24) is 29.0 Å². The average molecular weight is 310 g/mol. The van der Waals surface area contributed by atoms with E-state index in [4.69, 9.17) is 0 Å². The van der Waals surface area contributed by atoms with Crippen molar-refractivity contribution < 1.29 is 4.79 Å². The van der Waals surface area contributed by atoms with E-state index in [9.17, 15) is 4.79 Å². The summed E-state index contributed by atoms with van der Waals surface area (Å²) < 4.78 is 3.94. The zero-order chi connectivity index (χ0) is 15.8. The van der Waals surface area contributed by atoms with Gasteiger partial charge in [-0.25, -0.2) is 4.98 Å². The minimum absolute atomic E-state index is 0.0584. The molecule has 0 radical (unpaired) electrons. The van der Waals surface area contributed by atoms with Crippen LogP contribution in [0.3, 0.4) is 0 Å². The van der Waals surface area contributed by atoms with E-state index >= 15 is 0 Å². The summed E-state index contributed by atoms with van der Waals surface area (Å²) in [6.45, 7) is 3.51. The third-order valence-electron chi connectivity index (χ3n) is 4.48. The van der Waals surface area contributed by atoms with Crippen LogP contribution in [-0.4, -0.2) is 48.0 Å². The summed E-state index contributed by atoms with van der Waals surface area (Å²) in [4.78, 5) is 19.0. The Kier molecular flexibility index (Phi) is 3.33. The fourth-order valence-corrected chi connectivity index (χ4v) is 3.28. The molecule has 4 rings (SSSR count). The summed E-state index contributed by atoms with van der Waals surface area (Å²) in [7, 11) is 0. The van der Waals surface area contributed by atoms with E-state index in [1.54, 1.807) is 16.9 Å². The van der Waals surface area contributed by atoms with E-state index in [0.717, 1.165) is 37.4 Å². The van der Waals surface area contributed by atoms with Gasteiger partial charge in [0.2, 0.25) is 0 Å². The van der Waals surface area contributed by atoms with Crippen LogP contribution in [0.4, 0.5) is 0 Å². The molecule has 1 aliphatic rings. The molecule has 0 bridgehead atoms. The zero-order valence-corrected chi connectivity index (χ0v) is 13.0. The zero-order valence-electron chi connectivity index (χ0n) is 13.0. The molecule has 4 heterocycles. The number of amides is 1. The van der Waals surface area contributed by atoms with Gasteiger partial charge < -0.3 is 9.47 Å². The second-order valence-electron chi connectivity index (χ2n) is 5.94. The van der Waals surface area contributed by atoms with Crippen molar-refractivity contribution in [3.05, 3.63) is 48.4 Å². The van der Waals surface area contributed by atoms with Crippen LogP contribution in [0.25, 0.3) is 5.65 Å². The van der Waals surface area contributed by atoms with Crippen LogP contribution in [0.1, 0.15) is 35.1 Å². The number of likely N-dealkylation sites (tertiary alicyclic amines) is 1. The first-order chi connectivity index (χ1) is 11.2.